The van der Waals surface area contributed by atoms with Gasteiger partial charge in [-0.2, -0.15) is 5.10 Å². The molecular formula is C20H21N3O3S. The van der Waals surface area contributed by atoms with Crippen molar-refractivity contribution in [2.45, 2.75) is 37.1 Å². The summed E-state index contributed by atoms with van der Waals surface area (Å²) in [6.45, 7) is 1.99. The number of sulfonamides is 1. The van der Waals surface area contributed by atoms with Gasteiger partial charge in [0.25, 0.3) is 0 Å². The molecule has 27 heavy (non-hydrogen) atoms. The van der Waals surface area contributed by atoms with E-state index in [0.717, 1.165) is 35.2 Å². The molecule has 1 aliphatic carbocycles. The van der Waals surface area contributed by atoms with Crippen molar-refractivity contribution >= 4 is 21.6 Å². The second-order valence-electron chi connectivity index (χ2n) is 7.08. The van der Waals surface area contributed by atoms with E-state index in [1.807, 2.05) is 19.1 Å². The lowest BCUT2D eigenvalue weighted by atomic mass is 9.92. The van der Waals surface area contributed by atoms with Gasteiger partial charge in [0.1, 0.15) is 0 Å². The van der Waals surface area contributed by atoms with Crippen molar-refractivity contribution in [2.75, 3.05) is 0 Å². The normalized spacial score (nSPS) is 22.1. The highest BCUT2D eigenvalue weighted by Gasteiger charge is 2.29. The Balaban J connectivity index is 1.58. The minimum Gasteiger partial charge on any atom is -0.273 e. The zero-order chi connectivity index (χ0) is 19.0. The largest absolute Gasteiger partial charge is 0.273 e. The van der Waals surface area contributed by atoms with E-state index in [2.05, 4.69) is 21.3 Å². The fourth-order valence-electron chi connectivity index (χ4n) is 3.76. The smallest absolute Gasteiger partial charge is 0.241 e. The second kappa shape index (κ2) is 6.90. The van der Waals surface area contributed by atoms with Gasteiger partial charge in [0, 0.05) is 18.4 Å². The maximum absolute atomic E-state index is 12.6. The van der Waals surface area contributed by atoms with E-state index < -0.39 is 10.0 Å². The van der Waals surface area contributed by atoms with Gasteiger partial charge in [0.15, 0.2) is 0 Å². The van der Waals surface area contributed by atoms with Crippen molar-refractivity contribution in [1.29, 1.82) is 0 Å². The maximum atomic E-state index is 12.6. The second-order valence-corrected chi connectivity index (χ2v) is 8.79. The van der Waals surface area contributed by atoms with E-state index in [1.165, 1.54) is 0 Å². The molecule has 0 aromatic heterocycles. The first-order chi connectivity index (χ1) is 12.9. The number of hydrazone groups is 1. The van der Waals surface area contributed by atoms with Gasteiger partial charge in [0.2, 0.25) is 15.9 Å². The number of benzene rings is 2. The van der Waals surface area contributed by atoms with Crippen LogP contribution in [-0.2, 0) is 21.2 Å². The number of rotatable bonds is 4. The van der Waals surface area contributed by atoms with E-state index in [9.17, 15) is 13.2 Å². The van der Waals surface area contributed by atoms with Crippen LogP contribution in [0.3, 0.4) is 0 Å². The summed E-state index contributed by atoms with van der Waals surface area (Å²) in [6.07, 6.45) is 1.96. The van der Waals surface area contributed by atoms with Gasteiger partial charge in [-0.05, 0) is 47.7 Å². The Morgan fingerprint density at radius 2 is 1.93 bits per heavy atom. The van der Waals surface area contributed by atoms with Crippen molar-refractivity contribution < 1.29 is 13.2 Å². The minimum absolute atomic E-state index is 0.0607. The molecule has 2 N–H and O–H groups in total. The van der Waals surface area contributed by atoms with E-state index in [1.54, 1.807) is 30.3 Å². The van der Waals surface area contributed by atoms with Gasteiger partial charge in [-0.1, -0.05) is 37.3 Å². The topological polar surface area (TPSA) is 87.6 Å². The molecule has 2 atom stereocenters. The first-order valence-corrected chi connectivity index (χ1v) is 10.5. The van der Waals surface area contributed by atoms with Crippen LogP contribution in [-0.4, -0.2) is 20.0 Å². The minimum atomic E-state index is -3.55. The van der Waals surface area contributed by atoms with Gasteiger partial charge < -0.3 is 0 Å². The lowest BCUT2D eigenvalue weighted by molar-refractivity contribution is -0.121. The Labute approximate surface area is 158 Å². The van der Waals surface area contributed by atoms with Crippen molar-refractivity contribution in [1.82, 2.24) is 10.1 Å². The number of amides is 1. The molecule has 7 heteroatoms. The molecule has 1 aliphatic heterocycles. The molecule has 0 radical (unpaired) electrons. The summed E-state index contributed by atoms with van der Waals surface area (Å²) in [5.41, 5.74) is 6.52. The number of nitrogens with one attached hydrogen (secondary N) is 2. The zero-order valence-corrected chi connectivity index (χ0v) is 15.8. The van der Waals surface area contributed by atoms with Crippen molar-refractivity contribution in [3.63, 3.8) is 0 Å². The van der Waals surface area contributed by atoms with Gasteiger partial charge in [-0.3, -0.25) is 4.79 Å². The molecule has 2 aliphatic rings. The third-order valence-electron chi connectivity index (χ3n) is 5.13. The number of carbonyl (C=O) groups is 1. The van der Waals surface area contributed by atoms with Crippen LogP contribution in [0, 0.1) is 5.92 Å². The number of hydrogen-bond acceptors (Lipinski definition) is 4. The Bertz CT molecular complexity index is 1020. The quantitative estimate of drug-likeness (QED) is 0.850. The Kier molecular flexibility index (Phi) is 4.57. The third-order valence-corrected chi connectivity index (χ3v) is 6.61. The SMILES string of the molecule is CC1CC(=O)NN=C1c1ccc2c(c1)CCC2NS(=O)(=O)c1ccccc1. The third kappa shape index (κ3) is 3.52. The zero-order valence-electron chi connectivity index (χ0n) is 15.0. The highest BCUT2D eigenvalue weighted by atomic mass is 32.2. The van der Waals surface area contributed by atoms with Crippen LogP contribution in [0.2, 0.25) is 0 Å². The van der Waals surface area contributed by atoms with Gasteiger partial charge in [0.05, 0.1) is 10.6 Å². The number of fused-ring (bicyclic) bond motifs is 1. The molecule has 0 saturated carbocycles. The van der Waals surface area contributed by atoms with Crippen molar-refractivity contribution in [2.24, 2.45) is 11.0 Å². The molecule has 0 saturated heterocycles. The molecule has 0 fully saturated rings. The standard InChI is InChI=1S/C20H21N3O3S/c1-13-11-19(24)21-22-20(13)15-7-9-17-14(12-15)8-10-18(17)23-27(25,26)16-5-3-2-4-6-16/h2-7,9,12-13,18,23H,8,10-11H2,1H3,(H,21,24). The first-order valence-electron chi connectivity index (χ1n) is 9.01. The number of aryl methyl sites for hydroxylation is 1. The maximum Gasteiger partial charge on any atom is 0.241 e. The van der Waals surface area contributed by atoms with E-state index in [4.69, 9.17) is 0 Å². The van der Waals surface area contributed by atoms with Gasteiger partial charge in [-0.15, -0.1) is 0 Å². The lowest BCUT2D eigenvalue weighted by Crippen LogP contribution is -2.32. The summed E-state index contributed by atoms with van der Waals surface area (Å²) in [4.78, 5) is 11.7. The van der Waals surface area contributed by atoms with Crippen LogP contribution in [0.1, 0.15) is 42.5 Å². The Morgan fingerprint density at radius 3 is 2.67 bits per heavy atom. The number of carbonyl (C=O) groups excluding carboxylic acids is 1. The molecule has 2 aromatic carbocycles. The van der Waals surface area contributed by atoms with Crippen LogP contribution in [0.5, 0.6) is 0 Å². The van der Waals surface area contributed by atoms with E-state index in [-0.39, 0.29) is 22.8 Å². The van der Waals surface area contributed by atoms with Crippen LogP contribution in [0.4, 0.5) is 0 Å². The predicted molar refractivity (Wildman–Crippen MR) is 103 cm³/mol. The highest BCUT2D eigenvalue weighted by Crippen LogP contribution is 2.33. The molecule has 0 bridgehead atoms. The van der Waals surface area contributed by atoms with Crippen LogP contribution in [0.25, 0.3) is 0 Å². The van der Waals surface area contributed by atoms with E-state index in [0.29, 0.717) is 6.42 Å². The molecule has 1 heterocycles. The fourth-order valence-corrected chi connectivity index (χ4v) is 5.03. The van der Waals surface area contributed by atoms with Crippen LogP contribution in [0.15, 0.2) is 58.5 Å². The molecule has 4 rings (SSSR count). The van der Waals surface area contributed by atoms with Crippen LogP contribution < -0.4 is 10.1 Å². The summed E-state index contributed by atoms with van der Waals surface area (Å²) in [5, 5.41) is 4.21. The summed E-state index contributed by atoms with van der Waals surface area (Å²) >= 11 is 0. The molecule has 6 nitrogen and oxygen atoms in total. The fraction of sp³-hybridized carbons (Fsp3) is 0.300. The molecular weight excluding hydrogens is 362 g/mol. The van der Waals surface area contributed by atoms with Crippen molar-refractivity contribution in [3.8, 4) is 0 Å². The average Bonchev–Trinajstić information content (AvgIpc) is 3.04. The van der Waals surface area contributed by atoms with Gasteiger partial charge >= 0.3 is 0 Å². The first kappa shape index (κ1) is 17.9. The summed E-state index contributed by atoms with van der Waals surface area (Å²) in [7, 11) is -3.55. The average molecular weight is 383 g/mol. The molecule has 140 valence electrons. The number of nitrogens with zero attached hydrogens (tertiary/aromatic N) is 1. The lowest BCUT2D eigenvalue weighted by Gasteiger charge is -2.20. The van der Waals surface area contributed by atoms with E-state index >= 15 is 0 Å². The Morgan fingerprint density at radius 1 is 1.15 bits per heavy atom. The van der Waals surface area contributed by atoms with Crippen LogP contribution >= 0.6 is 0 Å². The summed E-state index contributed by atoms with van der Waals surface area (Å²) in [5.74, 6) is -0.00613. The molecule has 2 aromatic rings. The monoisotopic (exact) mass is 383 g/mol. The summed E-state index contributed by atoms with van der Waals surface area (Å²) in [6, 6.07) is 14.2. The predicted octanol–water partition coefficient (Wildman–Crippen LogP) is 2.51. The van der Waals surface area contributed by atoms with Crippen molar-refractivity contribution in [3.05, 3.63) is 65.2 Å². The summed E-state index contributed by atoms with van der Waals surface area (Å²) < 4.78 is 28.1. The number of hydrogen-bond donors (Lipinski definition) is 2. The highest BCUT2D eigenvalue weighted by molar-refractivity contribution is 7.89. The molecule has 0 spiro atoms. The molecule has 1 amide bonds. The molecule has 2 unspecified atom stereocenters. The Hall–Kier alpha value is -2.51. The van der Waals surface area contributed by atoms with Gasteiger partial charge in [-0.25, -0.2) is 18.6 Å².